The largest absolute Gasteiger partial charge is 0.318 e. The van der Waals surface area contributed by atoms with Crippen LogP contribution in [0.25, 0.3) is 0 Å². The van der Waals surface area contributed by atoms with Crippen LogP contribution in [0.3, 0.4) is 0 Å². The number of nitrogens with one attached hydrogen (secondary N) is 2. The van der Waals surface area contributed by atoms with Crippen molar-refractivity contribution in [3.63, 3.8) is 0 Å². The first-order valence-electron chi connectivity index (χ1n) is 6.60. The number of nitro benzene ring substituents is 1. The fourth-order valence-corrected chi connectivity index (χ4v) is 2.14. The van der Waals surface area contributed by atoms with E-state index in [1.54, 1.807) is 19.1 Å². The average molecular weight is 368 g/mol. The van der Waals surface area contributed by atoms with Gasteiger partial charge in [-0.05, 0) is 36.8 Å². The van der Waals surface area contributed by atoms with Crippen molar-refractivity contribution < 1.29 is 14.5 Å². The lowest BCUT2D eigenvalue weighted by molar-refractivity contribution is -0.384. The highest BCUT2D eigenvalue weighted by Crippen LogP contribution is 2.27. The lowest BCUT2D eigenvalue weighted by Crippen LogP contribution is -2.29. The number of amides is 2. The molecule has 0 aliphatic rings. The van der Waals surface area contributed by atoms with Crippen LogP contribution in [-0.4, -0.2) is 16.7 Å². The molecular weight excluding hydrogens is 357 g/mol. The molecule has 0 saturated carbocycles. The molecule has 7 nitrogen and oxygen atoms in total. The molecule has 24 heavy (non-hydrogen) atoms. The van der Waals surface area contributed by atoms with E-state index in [4.69, 9.17) is 23.2 Å². The first-order chi connectivity index (χ1) is 11.3. The van der Waals surface area contributed by atoms with Gasteiger partial charge in [0.15, 0.2) is 0 Å². The minimum absolute atomic E-state index is 0.0725. The highest BCUT2D eigenvalue weighted by Gasteiger charge is 2.18. The minimum atomic E-state index is -0.983. The van der Waals surface area contributed by atoms with Crippen LogP contribution < -0.4 is 10.6 Å². The Morgan fingerprint density at radius 2 is 1.50 bits per heavy atom. The summed E-state index contributed by atoms with van der Waals surface area (Å²) >= 11 is 11.6. The number of carbonyl (C=O) groups is 2. The summed E-state index contributed by atoms with van der Waals surface area (Å²) in [5.74, 6) is -1.92. The Morgan fingerprint density at radius 1 is 0.958 bits per heavy atom. The van der Waals surface area contributed by atoms with Crippen LogP contribution in [0.15, 0.2) is 36.4 Å². The first kappa shape index (κ1) is 17.7. The number of carbonyl (C=O) groups excluding carboxylic acids is 2. The molecule has 2 N–H and O–H groups in total. The molecule has 2 rings (SSSR count). The molecule has 0 heterocycles. The van der Waals surface area contributed by atoms with Crippen LogP contribution in [-0.2, 0) is 9.59 Å². The monoisotopic (exact) mass is 367 g/mol. The van der Waals surface area contributed by atoms with Crippen molar-refractivity contribution in [2.75, 3.05) is 10.6 Å². The van der Waals surface area contributed by atoms with E-state index in [0.29, 0.717) is 10.7 Å². The molecule has 0 spiro atoms. The molecular formula is C15H11Cl2N3O4. The molecule has 0 aliphatic heterocycles. The van der Waals surface area contributed by atoms with E-state index < -0.39 is 16.7 Å². The van der Waals surface area contributed by atoms with Crippen LogP contribution >= 0.6 is 23.2 Å². The van der Waals surface area contributed by atoms with Crippen molar-refractivity contribution >= 4 is 52.1 Å². The van der Waals surface area contributed by atoms with Gasteiger partial charge in [-0.3, -0.25) is 19.7 Å². The number of rotatable bonds is 3. The van der Waals surface area contributed by atoms with Crippen LogP contribution in [0.1, 0.15) is 5.56 Å². The van der Waals surface area contributed by atoms with Crippen LogP contribution in [0, 0.1) is 17.0 Å². The number of hydrogen-bond donors (Lipinski definition) is 2. The molecule has 0 aliphatic carbocycles. The van der Waals surface area contributed by atoms with Gasteiger partial charge >= 0.3 is 11.8 Å². The maximum atomic E-state index is 11.9. The third-order valence-corrected chi connectivity index (χ3v) is 3.76. The summed E-state index contributed by atoms with van der Waals surface area (Å²) in [6, 6.07) is 8.47. The number of nitro groups is 1. The van der Waals surface area contributed by atoms with Gasteiger partial charge < -0.3 is 10.6 Å². The SMILES string of the molecule is Cc1ccc(NC(=O)C(=O)Nc2ccc(Cl)c([N+](=O)[O-])c2)cc1Cl. The Bertz CT molecular complexity index is 839. The van der Waals surface area contributed by atoms with Crippen LogP contribution in [0.4, 0.5) is 17.1 Å². The maximum absolute atomic E-state index is 11.9. The smallest absolute Gasteiger partial charge is 0.314 e. The third-order valence-electron chi connectivity index (χ3n) is 3.04. The van der Waals surface area contributed by atoms with Crippen molar-refractivity contribution in [2.24, 2.45) is 0 Å². The Kier molecular flexibility index (Phi) is 5.38. The Balaban J connectivity index is 2.09. The van der Waals surface area contributed by atoms with Crippen molar-refractivity contribution in [1.29, 1.82) is 0 Å². The molecule has 0 radical (unpaired) electrons. The molecule has 124 valence electrons. The lowest BCUT2D eigenvalue weighted by Gasteiger charge is -2.08. The quantitative estimate of drug-likeness (QED) is 0.489. The van der Waals surface area contributed by atoms with E-state index in [1.807, 2.05) is 0 Å². The second-order valence-electron chi connectivity index (χ2n) is 4.80. The number of aryl methyl sites for hydroxylation is 1. The van der Waals surface area contributed by atoms with Gasteiger partial charge in [-0.2, -0.15) is 0 Å². The standard InChI is InChI=1S/C15H11Cl2N3O4/c1-8-2-3-9(6-12(8)17)18-14(21)15(22)19-10-4-5-11(16)13(7-10)20(23)24/h2-7H,1H3,(H,18,21)(H,19,22). The maximum Gasteiger partial charge on any atom is 0.314 e. The second-order valence-corrected chi connectivity index (χ2v) is 5.61. The first-order valence-corrected chi connectivity index (χ1v) is 7.36. The van der Waals surface area contributed by atoms with E-state index in [-0.39, 0.29) is 16.4 Å². The van der Waals surface area contributed by atoms with Crippen molar-refractivity contribution in [3.8, 4) is 0 Å². The van der Waals surface area contributed by atoms with Crippen LogP contribution in [0.2, 0.25) is 10.0 Å². The summed E-state index contributed by atoms with van der Waals surface area (Å²) in [5.41, 5.74) is 0.883. The second kappa shape index (κ2) is 7.29. The van der Waals surface area contributed by atoms with Crippen molar-refractivity contribution in [2.45, 2.75) is 6.92 Å². The minimum Gasteiger partial charge on any atom is -0.318 e. The molecule has 0 saturated heterocycles. The summed E-state index contributed by atoms with van der Waals surface area (Å²) in [4.78, 5) is 33.9. The van der Waals surface area contributed by atoms with Gasteiger partial charge in [-0.1, -0.05) is 29.3 Å². The Labute approximate surface area is 146 Å². The molecule has 2 aromatic rings. The van der Waals surface area contributed by atoms with Gasteiger partial charge in [0.2, 0.25) is 0 Å². The molecule has 2 amide bonds. The predicted octanol–water partition coefficient (Wildman–Crippen LogP) is 3.79. The van der Waals surface area contributed by atoms with Gasteiger partial charge in [-0.25, -0.2) is 0 Å². The summed E-state index contributed by atoms with van der Waals surface area (Å²) in [5, 5.41) is 15.8. The zero-order chi connectivity index (χ0) is 17.9. The summed E-state index contributed by atoms with van der Waals surface area (Å²) in [7, 11) is 0. The highest BCUT2D eigenvalue weighted by molar-refractivity contribution is 6.44. The van der Waals surface area contributed by atoms with Crippen LogP contribution in [0.5, 0.6) is 0 Å². The number of hydrogen-bond acceptors (Lipinski definition) is 4. The zero-order valence-corrected chi connectivity index (χ0v) is 13.8. The average Bonchev–Trinajstić information content (AvgIpc) is 2.52. The van der Waals surface area contributed by atoms with Gasteiger partial charge in [0.05, 0.1) is 4.92 Å². The topological polar surface area (TPSA) is 101 Å². The fourth-order valence-electron chi connectivity index (χ4n) is 1.78. The predicted molar refractivity (Wildman–Crippen MR) is 91.6 cm³/mol. The Hall–Kier alpha value is -2.64. The van der Waals surface area contributed by atoms with Crippen molar-refractivity contribution in [3.05, 3.63) is 62.1 Å². The molecule has 0 fully saturated rings. The van der Waals surface area contributed by atoms with Gasteiger partial charge in [-0.15, -0.1) is 0 Å². The molecule has 0 bridgehead atoms. The van der Waals surface area contributed by atoms with Crippen molar-refractivity contribution in [1.82, 2.24) is 0 Å². The van der Waals surface area contributed by atoms with E-state index in [2.05, 4.69) is 10.6 Å². The molecule has 0 unspecified atom stereocenters. The normalized spacial score (nSPS) is 10.1. The number of anilines is 2. The molecule has 0 atom stereocenters. The van der Waals surface area contributed by atoms with Gasteiger partial charge in [0.25, 0.3) is 5.69 Å². The Morgan fingerprint density at radius 3 is 2.04 bits per heavy atom. The van der Waals surface area contributed by atoms with Gasteiger partial charge in [0, 0.05) is 22.5 Å². The van der Waals surface area contributed by atoms with E-state index >= 15 is 0 Å². The fraction of sp³-hybridized carbons (Fsp3) is 0.0667. The molecule has 0 aromatic heterocycles. The highest BCUT2D eigenvalue weighted by atomic mass is 35.5. The third kappa shape index (κ3) is 4.21. The zero-order valence-electron chi connectivity index (χ0n) is 12.3. The van der Waals surface area contributed by atoms with E-state index in [1.165, 1.54) is 18.2 Å². The van der Waals surface area contributed by atoms with Gasteiger partial charge in [0.1, 0.15) is 5.02 Å². The molecule has 2 aromatic carbocycles. The van der Waals surface area contributed by atoms with E-state index in [9.17, 15) is 19.7 Å². The summed E-state index contributed by atoms with van der Waals surface area (Å²) in [6.45, 7) is 1.80. The van der Waals surface area contributed by atoms with E-state index in [0.717, 1.165) is 11.6 Å². The summed E-state index contributed by atoms with van der Waals surface area (Å²) < 4.78 is 0. The number of halogens is 2. The molecule has 9 heteroatoms. The summed E-state index contributed by atoms with van der Waals surface area (Å²) in [6.07, 6.45) is 0. The number of nitrogens with zero attached hydrogens (tertiary/aromatic N) is 1. The lowest BCUT2D eigenvalue weighted by atomic mass is 10.2. The number of benzene rings is 2.